The number of aliphatic hydroxyl groups excluding tert-OH is 1. The van der Waals surface area contributed by atoms with Crippen molar-refractivity contribution in [3.8, 4) is 0 Å². The fraction of sp³-hybridized carbons (Fsp3) is 0.625. The van der Waals surface area contributed by atoms with E-state index < -0.39 is 17.7 Å². The second-order valence-corrected chi connectivity index (χ2v) is 5.75. The molecule has 1 aromatic rings. The molecule has 0 aliphatic carbocycles. The molecule has 1 N–H and O–H groups in total. The minimum absolute atomic E-state index is 0.295. The Morgan fingerprint density at radius 2 is 1.71 bits per heavy atom. The molecule has 0 radical (unpaired) electrons. The Kier molecular flexibility index (Phi) is 7.22. The number of hydrogen-bond acceptors (Lipinski definition) is 3. The lowest BCUT2D eigenvalue weighted by molar-refractivity contribution is 0.120. The van der Waals surface area contributed by atoms with Crippen LogP contribution < -0.4 is 0 Å². The van der Waals surface area contributed by atoms with Crippen LogP contribution in [0.1, 0.15) is 31.9 Å². The highest BCUT2D eigenvalue weighted by Gasteiger charge is 2.16. The number of halogens is 2. The van der Waals surface area contributed by atoms with Crippen molar-refractivity contribution in [2.24, 2.45) is 0 Å². The fourth-order valence-corrected chi connectivity index (χ4v) is 2.56. The van der Waals surface area contributed by atoms with Gasteiger partial charge in [-0.2, -0.15) is 0 Å². The van der Waals surface area contributed by atoms with Gasteiger partial charge >= 0.3 is 0 Å². The van der Waals surface area contributed by atoms with Crippen LogP contribution in [0.3, 0.4) is 0 Å². The van der Waals surface area contributed by atoms with Crippen LogP contribution in [0.15, 0.2) is 18.2 Å². The Hall–Kier alpha value is -1.04. The predicted octanol–water partition coefficient (Wildman–Crippen LogP) is 2.66. The van der Waals surface area contributed by atoms with Crippen molar-refractivity contribution in [2.45, 2.75) is 32.4 Å². The van der Waals surface area contributed by atoms with E-state index in [1.807, 2.05) is 14.1 Å². The third-order valence-corrected chi connectivity index (χ3v) is 3.62. The average molecular weight is 300 g/mol. The molecule has 0 fully saturated rings. The Morgan fingerprint density at radius 1 is 1.14 bits per heavy atom. The number of hydrogen-bond donors (Lipinski definition) is 1. The molecule has 2 atom stereocenters. The highest BCUT2D eigenvalue weighted by molar-refractivity contribution is 5.20. The van der Waals surface area contributed by atoms with Gasteiger partial charge in [0.1, 0.15) is 11.6 Å². The molecule has 0 aliphatic rings. The van der Waals surface area contributed by atoms with E-state index in [2.05, 4.69) is 23.6 Å². The molecular formula is C16H26F2N2O. The molecular weight excluding hydrogens is 274 g/mol. The first-order valence-corrected chi connectivity index (χ1v) is 7.36. The molecule has 0 saturated carbocycles. The molecule has 0 aliphatic heterocycles. The van der Waals surface area contributed by atoms with Crippen LogP contribution in [-0.4, -0.2) is 54.7 Å². The first-order chi connectivity index (χ1) is 9.83. The minimum atomic E-state index is -0.851. The topological polar surface area (TPSA) is 26.7 Å². The zero-order valence-corrected chi connectivity index (χ0v) is 13.3. The predicted molar refractivity (Wildman–Crippen MR) is 81.2 cm³/mol. The van der Waals surface area contributed by atoms with Gasteiger partial charge in [0, 0.05) is 25.2 Å². The summed E-state index contributed by atoms with van der Waals surface area (Å²) >= 11 is 0. The highest BCUT2D eigenvalue weighted by atomic mass is 19.1. The van der Waals surface area contributed by atoms with E-state index in [0.717, 1.165) is 19.2 Å². The van der Waals surface area contributed by atoms with Crippen LogP contribution in [0.4, 0.5) is 8.78 Å². The van der Waals surface area contributed by atoms with E-state index in [4.69, 9.17) is 0 Å². The summed E-state index contributed by atoms with van der Waals surface area (Å²) in [4.78, 5) is 4.37. The van der Waals surface area contributed by atoms with Crippen molar-refractivity contribution >= 4 is 0 Å². The van der Waals surface area contributed by atoms with Gasteiger partial charge in [-0.3, -0.25) is 4.90 Å². The maximum absolute atomic E-state index is 13.2. The Balaban J connectivity index is 2.59. The zero-order chi connectivity index (χ0) is 16.0. The molecule has 1 aromatic carbocycles. The highest BCUT2D eigenvalue weighted by Crippen LogP contribution is 2.20. The minimum Gasteiger partial charge on any atom is -0.388 e. The molecule has 2 unspecified atom stereocenters. The monoisotopic (exact) mass is 300 g/mol. The summed E-state index contributed by atoms with van der Waals surface area (Å²) in [5.41, 5.74) is 0.295. The van der Waals surface area contributed by atoms with Gasteiger partial charge in [0.25, 0.3) is 0 Å². The molecule has 0 heterocycles. The summed E-state index contributed by atoms with van der Waals surface area (Å²) in [6.45, 7) is 6.70. The van der Waals surface area contributed by atoms with Crippen LogP contribution in [0, 0.1) is 11.6 Å². The molecule has 0 bridgehead atoms. The standard InChI is InChI=1S/C16H26F2N2O/c1-5-20(12(2)11-19(3)4)7-6-16(21)13-8-14(17)10-15(18)9-13/h8-10,12,16,21H,5-7,11H2,1-4H3. The van der Waals surface area contributed by atoms with Gasteiger partial charge in [-0.05, 0) is 51.7 Å². The van der Waals surface area contributed by atoms with Crippen molar-refractivity contribution in [3.05, 3.63) is 35.4 Å². The number of nitrogens with zero attached hydrogens (tertiary/aromatic N) is 2. The number of aliphatic hydroxyl groups is 1. The largest absolute Gasteiger partial charge is 0.388 e. The molecule has 21 heavy (non-hydrogen) atoms. The van der Waals surface area contributed by atoms with Gasteiger partial charge in [0.05, 0.1) is 6.10 Å². The maximum atomic E-state index is 13.2. The second-order valence-electron chi connectivity index (χ2n) is 5.75. The summed E-state index contributed by atoms with van der Waals surface area (Å²) < 4.78 is 26.3. The number of likely N-dealkylation sites (N-methyl/N-ethyl adjacent to an activating group) is 2. The van der Waals surface area contributed by atoms with Crippen molar-refractivity contribution in [1.82, 2.24) is 9.80 Å². The van der Waals surface area contributed by atoms with Crippen LogP contribution in [0.25, 0.3) is 0 Å². The van der Waals surface area contributed by atoms with Gasteiger partial charge in [0.2, 0.25) is 0 Å². The average Bonchev–Trinajstić information content (AvgIpc) is 2.37. The third kappa shape index (κ3) is 6.08. The summed E-state index contributed by atoms with van der Waals surface area (Å²) in [5, 5.41) is 10.1. The first kappa shape index (κ1) is 18.0. The van der Waals surface area contributed by atoms with Gasteiger partial charge < -0.3 is 10.0 Å². The van der Waals surface area contributed by atoms with Crippen molar-refractivity contribution < 1.29 is 13.9 Å². The molecule has 0 aromatic heterocycles. The number of rotatable bonds is 8. The van der Waals surface area contributed by atoms with E-state index in [1.54, 1.807) is 0 Å². The summed E-state index contributed by atoms with van der Waals surface area (Å²) in [6.07, 6.45) is -0.398. The Bertz CT molecular complexity index is 420. The fourth-order valence-electron chi connectivity index (χ4n) is 2.56. The van der Waals surface area contributed by atoms with E-state index in [0.29, 0.717) is 24.6 Å². The molecule has 3 nitrogen and oxygen atoms in total. The summed E-state index contributed by atoms with van der Waals surface area (Å²) in [7, 11) is 4.05. The van der Waals surface area contributed by atoms with Gasteiger partial charge in [-0.15, -0.1) is 0 Å². The van der Waals surface area contributed by atoms with Gasteiger partial charge in [0.15, 0.2) is 0 Å². The van der Waals surface area contributed by atoms with Crippen molar-refractivity contribution in [3.63, 3.8) is 0 Å². The van der Waals surface area contributed by atoms with Crippen LogP contribution in [0.2, 0.25) is 0 Å². The third-order valence-electron chi connectivity index (χ3n) is 3.62. The smallest absolute Gasteiger partial charge is 0.126 e. The molecule has 0 amide bonds. The lowest BCUT2D eigenvalue weighted by Crippen LogP contribution is -2.40. The van der Waals surface area contributed by atoms with Gasteiger partial charge in [-0.25, -0.2) is 8.78 Å². The van der Waals surface area contributed by atoms with Crippen LogP contribution in [-0.2, 0) is 0 Å². The molecule has 5 heteroatoms. The lowest BCUT2D eigenvalue weighted by atomic mass is 10.1. The Labute approximate surface area is 126 Å². The molecule has 120 valence electrons. The van der Waals surface area contributed by atoms with E-state index in [1.165, 1.54) is 12.1 Å². The van der Waals surface area contributed by atoms with E-state index in [9.17, 15) is 13.9 Å². The normalized spacial score (nSPS) is 14.7. The SMILES string of the molecule is CCN(CCC(O)c1cc(F)cc(F)c1)C(C)CN(C)C. The maximum Gasteiger partial charge on any atom is 0.126 e. The number of benzene rings is 1. The Morgan fingerprint density at radius 3 is 2.19 bits per heavy atom. The van der Waals surface area contributed by atoms with Crippen LogP contribution >= 0.6 is 0 Å². The second kappa shape index (κ2) is 8.41. The lowest BCUT2D eigenvalue weighted by Gasteiger charge is -2.30. The van der Waals surface area contributed by atoms with Crippen LogP contribution in [0.5, 0.6) is 0 Å². The molecule has 0 spiro atoms. The van der Waals surface area contributed by atoms with Crippen molar-refractivity contribution in [1.29, 1.82) is 0 Å². The van der Waals surface area contributed by atoms with E-state index in [-0.39, 0.29) is 0 Å². The van der Waals surface area contributed by atoms with Crippen molar-refractivity contribution in [2.75, 3.05) is 33.7 Å². The molecule has 0 saturated heterocycles. The quantitative estimate of drug-likeness (QED) is 0.799. The zero-order valence-electron chi connectivity index (χ0n) is 13.3. The summed E-state index contributed by atoms with van der Waals surface area (Å²) in [5.74, 6) is -1.31. The molecule has 1 rings (SSSR count). The first-order valence-electron chi connectivity index (χ1n) is 7.36. The van der Waals surface area contributed by atoms with E-state index >= 15 is 0 Å². The summed E-state index contributed by atoms with van der Waals surface area (Å²) in [6, 6.07) is 3.55. The van der Waals surface area contributed by atoms with Gasteiger partial charge in [-0.1, -0.05) is 6.92 Å².